The molecular formula is C16H20N2O2S. The van der Waals surface area contributed by atoms with E-state index >= 15 is 0 Å². The lowest BCUT2D eigenvalue weighted by Crippen LogP contribution is -2.27. The van der Waals surface area contributed by atoms with Crippen molar-refractivity contribution in [2.24, 2.45) is 0 Å². The first-order valence-corrected chi connectivity index (χ1v) is 8.06. The second-order valence-electron chi connectivity index (χ2n) is 4.87. The molecule has 0 spiro atoms. The molecule has 112 valence electrons. The van der Waals surface area contributed by atoms with Gasteiger partial charge in [-0.25, -0.2) is 4.98 Å². The molecule has 1 aromatic heterocycles. The second kappa shape index (κ2) is 7.78. The van der Waals surface area contributed by atoms with Crippen molar-refractivity contribution in [1.29, 1.82) is 0 Å². The van der Waals surface area contributed by atoms with Gasteiger partial charge in [-0.3, -0.25) is 4.79 Å². The number of benzene rings is 1. The molecule has 2 rings (SSSR count). The average Bonchev–Trinajstić information content (AvgIpc) is 2.98. The molecule has 0 amide bonds. The van der Waals surface area contributed by atoms with Gasteiger partial charge in [0.05, 0.1) is 12.1 Å². The smallest absolute Gasteiger partial charge is 0.305 e. The molecule has 1 heterocycles. The van der Waals surface area contributed by atoms with Gasteiger partial charge in [-0.1, -0.05) is 43.7 Å². The van der Waals surface area contributed by atoms with Crippen molar-refractivity contribution in [3.8, 4) is 11.3 Å². The van der Waals surface area contributed by atoms with Crippen LogP contribution in [0.2, 0.25) is 0 Å². The van der Waals surface area contributed by atoms with E-state index in [-0.39, 0.29) is 6.42 Å². The average molecular weight is 304 g/mol. The van der Waals surface area contributed by atoms with Crippen LogP contribution in [0.25, 0.3) is 11.3 Å². The van der Waals surface area contributed by atoms with Crippen molar-refractivity contribution < 1.29 is 9.90 Å². The monoisotopic (exact) mass is 304 g/mol. The minimum absolute atomic E-state index is 0.143. The molecule has 4 nitrogen and oxygen atoms in total. The predicted octanol–water partition coefficient (Wildman–Crippen LogP) is 3.89. The summed E-state index contributed by atoms with van der Waals surface area (Å²) in [6.45, 7) is 3.50. The van der Waals surface area contributed by atoms with Crippen molar-refractivity contribution in [1.82, 2.24) is 4.98 Å². The third kappa shape index (κ3) is 4.56. The molecule has 0 unspecified atom stereocenters. The van der Waals surface area contributed by atoms with Crippen LogP contribution in [0.3, 0.4) is 0 Å². The molecular weight excluding hydrogens is 284 g/mol. The van der Waals surface area contributed by atoms with Gasteiger partial charge in [0.15, 0.2) is 5.13 Å². The van der Waals surface area contributed by atoms with Crippen molar-refractivity contribution >= 4 is 22.4 Å². The SMILES string of the molecule is CCCCN(CCC(=O)O)c1nc(-c2ccccc2)cs1. The summed E-state index contributed by atoms with van der Waals surface area (Å²) in [7, 11) is 0. The molecule has 0 aliphatic rings. The first kappa shape index (κ1) is 15.5. The summed E-state index contributed by atoms with van der Waals surface area (Å²) >= 11 is 1.58. The number of carboxylic acid groups (broad SMARTS) is 1. The summed E-state index contributed by atoms with van der Waals surface area (Å²) in [6.07, 6.45) is 2.27. The van der Waals surface area contributed by atoms with Crippen LogP contribution in [0, 0.1) is 0 Å². The Morgan fingerprint density at radius 2 is 2.05 bits per heavy atom. The fourth-order valence-corrected chi connectivity index (χ4v) is 2.92. The second-order valence-corrected chi connectivity index (χ2v) is 5.70. The zero-order chi connectivity index (χ0) is 15.1. The number of nitrogens with zero attached hydrogens (tertiary/aromatic N) is 2. The van der Waals surface area contributed by atoms with Gasteiger partial charge in [0.2, 0.25) is 0 Å². The molecule has 0 saturated heterocycles. The predicted molar refractivity (Wildman–Crippen MR) is 86.9 cm³/mol. The highest BCUT2D eigenvalue weighted by molar-refractivity contribution is 7.14. The number of carboxylic acids is 1. The van der Waals surface area contributed by atoms with Crippen LogP contribution < -0.4 is 4.90 Å². The molecule has 0 fully saturated rings. The standard InChI is InChI=1S/C16H20N2O2S/c1-2-3-10-18(11-9-15(19)20)16-17-14(12-21-16)13-7-5-4-6-8-13/h4-8,12H,2-3,9-11H2,1H3,(H,19,20). The van der Waals surface area contributed by atoms with Crippen LogP contribution in [-0.2, 0) is 4.79 Å². The third-order valence-corrected chi connectivity index (χ3v) is 4.11. The summed E-state index contributed by atoms with van der Waals surface area (Å²) in [5, 5.41) is 11.8. The first-order chi connectivity index (χ1) is 10.2. The Balaban J connectivity index is 2.12. The third-order valence-electron chi connectivity index (χ3n) is 3.21. The van der Waals surface area contributed by atoms with Gasteiger partial charge in [0.1, 0.15) is 0 Å². The molecule has 2 aromatic rings. The lowest BCUT2D eigenvalue weighted by Gasteiger charge is -2.20. The van der Waals surface area contributed by atoms with Gasteiger partial charge in [0, 0.05) is 24.0 Å². The van der Waals surface area contributed by atoms with Crippen molar-refractivity contribution in [3.05, 3.63) is 35.7 Å². The molecule has 0 aliphatic heterocycles. The minimum Gasteiger partial charge on any atom is -0.481 e. The van der Waals surface area contributed by atoms with Crippen LogP contribution in [0.1, 0.15) is 26.2 Å². The number of aromatic nitrogens is 1. The zero-order valence-electron chi connectivity index (χ0n) is 12.2. The number of unbranched alkanes of at least 4 members (excludes halogenated alkanes) is 1. The highest BCUT2D eigenvalue weighted by Crippen LogP contribution is 2.27. The lowest BCUT2D eigenvalue weighted by atomic mass is 10.2. The molecule has 0 saturated carbocycles. The lowest BCUT2D eigenvalue weighted by molar-refractivity contribution is -0.136. The van der Waals surface area contributed by atoms with E-state index in [9.17, 15) is 4.79 Å². The Hall–Kier alpha value is -1.88. The number of aliphatic carboxylic acids is 1. The maximum Gasteiger partial charge on any atom is 0.305 e. The highest BCUT2D eigenvalue weighted by Gasteiger charge is 2.13. The van der Waals surface area contributed by atoms with E-state index in [2.05, 4.69) is 16.8 Å². The van der Waals surface area contributed by atoms with E-state index in [1.165, 1.54) is 0 Å². The molecule has 0 aliphatic carbocycles. The van der Waals surface area contributed by atoms with E-state index in [4.69, 9.17) is 5.11 Å². The topological polar surface area (TPSA) is 53.4 Å². The fourth-order valence-electron chi connectivity index (χ4n) is 2.03. The Morgan fingerprint density at radius 1 is 1.29 bits per heavy atom. The number of rotatable bonds is 8. The van der Waals surface area contributed by atoms with E-state index in [0.29, 0.717) is 6.54 Å². The molecule has 1 aromatic carbocycles. The fraction of sp³-hybridized carbons (Fsp3) is 0.375. The highest BCUT2D eigenvalue weighted by atomic mass is 32.1. The van der Waals surface area contributed by atoms with Crippen LogP contribution in [0.5, 0.6) is 0 Å². The zero-order valence-corrected chi connectivity index (χ0v) is 13.0. The first-order valence-electron chi connectivity index (χ1n) is 7.18. The van der Waals surface area contributed by atoms with E-state index in [0.717, 1.165) is 35.8 Å². The van der Waals surface area contributed by atoms with Gasteiger partial charge < -0.3 is 10.0 Å². The number of hydrogen-bond acceptors (Lipinski definition) is 4. The largest absolute Gasteiger partial charge is 0.481 e. The van der Waals surface area contributed by atoms with Crippen LogP contribution in [-0.4, -0.2) is 29.1 Å². The van der Waals surface area contributed by atoms with Crippen LogP contribution >= 0.6 is 11.3 Å². The van der Waals surface area contributed by atoms with Gasteiger partial charge in [-0.2, -0.15) is 0 Å². The van der Waals surface area contributed by atoms with Crippen LogP contribution in [0.15, 0.2) is 35.7 Å². The molecule has 1 N–H and O–H groups in total. The van der Waals surface area contributed by atoms with Crippen molar-refractivity contribution in [2.75, 3.05) is 18.0 Å². The molecule has 0 bridgehead atoms. The van der Waals surface area contributed by atoms with Crippen molar-refractivity contribution in [2.45, 2.75) is 26.2 Å². The van der Waals surface area contributed by atoms with Gasteiger partial charge in [-0.05, 0) is 6.42 Å². The Bertz CT molecular complexity index is 569. The van der Waals surface area contributed by atoms with Gasteiger partial charge >= 0.3 is 5.97 Å². The Morgan fingerprint density at radius 3 is 2.71 bits per heavy atom. The Labute approximate surface area is 129 Å². The quantitative estimate of drug-likeness (QED) is 0.804. The number of thiazole rings is 1. The summed E-state index contributed by atoms with van der Waals surface area (Å²) in [6, 6.07) is 10.0. The van der Waals surface area contributed by atoms with E-state index < -0.39 is 5.97 Å². The minimum atomic E-state index is -0.767. The molecule has 0 atom stereocenters. The number of anilines is 1. The van der Waals surface area contributed by atoms with Crippen molar-refractivity contribution in [3.63, 3.8) is 0 Å². The van der Waals surface area contributed by atoms with Gasteiger partial charge in [0.25, 0.3) is 0 Å². The van der Waals surface area contributed by atoms with Crippen LogP contribution in [0.4, 0.5) is 5.13 Å². The van der Waals surface area contributed by atoms with E-state index in [1.54, 1.807) is 11.3 Å². The molecule has 0 radical (unpaired) electrons. The summed E-state index contributed by atoms with van der Waals surface area (Å²) in [4.78, 5) is 17.5. The number of hydrogen-bond donors (Lipinski definition) is 1. The summed E-state index contributed by atoms with van der Waals surface area (Å²) in [5.41, 5.74) is 2.04. The summed E-state index contributed by atoms with van der Waals surface area (Å²) in [5.74, 6) is -0.767. The van der Waals surface area contributed by atoms with E-state index in [1.807, 2.05) is 35.7 Å². The maximum atomic E-state index is 10.8. The number of carbonyl (C=O) groups is 1. The normalized spacial score (nSPS) is 10.5. The maximum absolute atomic E-state index is 10.8. The van der Waals surface area contributed by atoms with Gasteiger partial charge in [-0.15, -0.1) is 11.3 Å². The Kier molecular flexibility index (Phi) is 5.75. The summed E-state index contributed by atoms with van der Waals surface area (Å²) < 4.78 is 0. The molecule has 5 heteroatoms. The molecule has 21 heavy (non-hydrogen) atoms.